The molecule has 0 aromatic carbocycles. The number of amidine groups is 1. The van der Waals surface area contributed by atoms with Crippen LogP contribution in [0.15, 0.2) is 4.99 Å². The Kier molecular flexibility index (Phi) is 6.39. The number of hydrogen-bond acceptors (Lipinski definition) is 2. The van der Waals surface area contributed by atoms with Gasteiger partial charge in [0.15, 0.2) is 0 Å². The molecule has 0 N–H and O–H groups in total. The Morgan fingerprint density at radius 3 is 2.00 bits per heavy atom. The van der Waals surface area contributed by atoms with Gasteiger partial charge in [0.05, 0.1) is 6.54 Å². The van der Waals surface area contributed by atoms with Crippen molar-refractivity contribution in [1.29, 1.82) is 0 Å². The molecule has 0 saturated carbocycles. The summed E-state index contributed by atoms with van der Waals surface area (Å²) in [6, 6.07) is 0. The Hall–Kier alpha value is 0.353. The van der Waals surface area contributed by atoms with Crippen LogP contribution in [0.1, 0.15) is 20.8 Å². The minimum absolute atomic E-state index is 0. The topological polar surface area (TPSA) is 15.6 Å². The molecule has 1 aliphatic heterocycles. The van der Waals surface area contributed by atoms with E-state index in [2.05, 4.69) is 37.7 Å². The molecule has 0 aromatic heterocycles. The van der Waals surface area contributed by atoms with Gasteiger partial charge in [-0.05, 0) is 0 Å². The molecule has 2 nitrogen and oxygen atoms in total. The maximum atomic E-state index is 4.43. The molecular weight excluding hydrogens is 227 g/mol. The van der Waals surface area contributed by atoms with Gasteiger partial charge in [-0.25, -0.2) is 0 Å². The van der Waals surface area contributed by atoms with Gasteiger partial charge < -0.3 is 12.3 Å². The van der Waals surface area contributed by atoms with Crippen molar-refractivity contribution < 1.29 is 26.2 Å². The first-order valence-corrected chi connectivity index (χ1v) is 3.78. The number of hydrogen-bond donors (Lipinski definition) is 0. The van der Waals surface area contributed by atoms with E-state index in [1.54, 1.807) is 0 Å². The average molecular weight is 246 g/mol. The Morgan fingerprint density at radius 1 is 1.33 bits per heavy atom. The molecule has 70 valence electrons. The predicted octanol–water partition coefficient (Wildman–Crippen LogP) is 1.82. The third-order valence-corrected chi connectivity index (χ3v) is 1.73. The Balaban J connectivity index is 0. The van der Waals surface area contributed by atoms with Crippen molar-refractivity contribution in [2.45, 2.75) is 20.8 Å². The predicted molar refractivity (Wildman–Crippen MR) is 50.8 cm³/mol. The summed E-state index contributed by atoms with van der Waals surface area (Å²) in [7, 11) is 2.11. The van der Waals surface area contributed by atoms with E-state index >= 15 is 0 Å². The molecule has 1 heterocycles. The quantitative estimate of drug-likeness (QED) is 0.595. The first-order chi connectivity index (χ1) is 4.52. The van der Waals surface area contributed by atoms with Crippen LogP contribution in [-0.2, 0) is 26.2 Å². The minimum atomic E-state index is 0. The van der Waals surface area contributed by atoms with Gasteiger partial charge in [0.2, 0.25) is 0 Å². The van der Waals surface area contributed by atoms with E-state index in [1.807, 2.05) is 0 Å². The fourth-order valence-electron chi connectivity index (χ4n) is 1.34. The largest absolute Gasteiger partial charge is 0.361 e. The second-order valence-electron chi connectivity index (χ2n) is 3.88. The molecule has 0 amide bonds. The van der Waals surface area contributed by atoms with Crippen LogP contribution in [0.5, 0.6) is 0 Å². The Bertz CT molecular complexity index is 158. The molecule has 0 unspecified atom stereocenters. The Morgan fingerprint density at radius 2 is 1.83 bits per heavy atom. The second-order valence-corrected chi connectivity index (χ2v) is 3.88. The van der Waals surface area contributed by atoms with Crippen LogP contribution in [0.25, 0.3) is 0 Å². The molecule has 0 aliphatic carbocycles. The van der Waals surface area contributed by atoms with Gasteiger partial charge in [0, 0.05) is 45.2 Å². The summed E-state index contributed by atoms with van der Waals surface area (Å²) in [4.78, 5) is 6.67. The van der Waals surface area contributed by atoms with Crippen molar-refractivity contribution in [2.24, 2.45) is 10.4 Å². The molecule has 1 aliphatic rings. The van der Waals surface area contributed by atoms with Crippen LogP contribution in [0.3, 0.4) is 0 Å². The molecule has 0 bridgehead atoms. The third-order valence-electron chi connectivity index (χ3n) is 1.73. The van der Waals surface area contributed by atoms with Crippen LogP contribution in [0.2, 0.25) is 0 Å². The van der Waals surface area contributed by atoms with E-state index < -0.39 is 0 Å². The van der Waals surface area contributed by atoms with Crippen molar-refractivity contribution in [3.8, 4) is 0 Å². The van der Waals surface area contributed by atoms with Gasteiger partial charge in [-0.2, -0.15) is 0 Å². The first-order valence-electron chi connectivity index (χ1n) is 3.78. The summed E-state index contributed by atoms with van der Waals surface area (Å²) in [5.74, 6) is 1.24. The van der Waals surface area contributed by atoms with Crippen molar-refractivity contribution in [1.82, 2.24) is 4.90 Å². The molecule has 0 spiro atoms. The molecule has 0 atom stereocenters. The summed E-state index contributed by atoms with van der Waals surface area (Å²) in [6.07, 6.45) is 0. The zero-order valence-electron chi connectivity index (χ0n) is 8.81. The Labute approximate surface area is 95.6 Å². The molecular formula is C9H19N2Zr-. The summed E-state index contributed by atoms with van der Waals surface area (Å²) in [6.45, 7) is 8.67. The van der Waals surface area contributed by atoms with E-state index in [9.17, 15) is 0 Å². The van der Waals surface area contributed by atoms with Crippen molar-refractivity contribution >= 4 is 5.84 Å². The minimum Gasteiger partial charge on any atom is -0.361 e. The second kappa shape index (κ2) is 5.16. The molecule has 0 radical (unpaired) electrons. The third kappa shape index (κ3) is 3.39. The number of aliphatic imine (C=N–C) groups is 1. The smallest absolute Gasteiger partial charge is 0.104 e. The first kappa shape index (κ1) is 14.9. The molecule has 3 heteroatoms. The van der Waals surface area contributed by atoms with Crippen LogP contribution >= 0.6 is 0 Å². The van der Waals surface area contributed by atoms with Crippen LogP contribution in [0.4, 0.5) is 0 Å². The SMILES string of the molecule is CN1CCN=C1C(C)(C)C.[CH3-].[Zr]. The van der Waals surface area contributed by atoms with Gasteiger partial charge in [-0.1, -0.05) is 20.8 Å². The van der Waals surface area contributed by atoms with E-state index in [0.717, 1.165) is 13.1 Å². The van der Waals surface area contributed by atoms with Crippen molar-refractivity contribution in [3.05, 3.63) is 7.43 Å². The molecule has 12 heavy (non-hydrogen) atoms. The summed E-state index contributed by atoms with van der Waals surface area (Å²) >= 11 is 0. The molecule has 0 aromatic rings. The zero-order valence-corrected chi connectivity index (χ0v) is 11.3. The molecule has 0 fully saturated rings. The number of likely N-dealkylation sites (N-methyl/N-ethyl adjacent to an activating group) is 1. The fourth-order valence-corrected chi connectivity index (χ4v) is 1.34. The van der Waals surface area contributed by atoms with E-state index in [0.29, 0.717) is 0 Å². The van der Waals surface area contributed by atoms with Crippen LogP contribution < -0.4 is 0 Å². The molecule has 1 rings (SSSR count). The maximum Gasteiger partial charge on any atom is 0.104 e. The number of rotatable bonds is 0. The maximum absolute atomic E-state index is 4.43. The van der Waals surface area contributed by atoms with Crippen molar-refractivity contribution in [2.75, 3.05) is 20.1 Å². The summed E-state index contributed by atoms with van der Waals surface area (Å²) in [5.41, 5.74) is 0.227. The summed E-state index contributed by atoms with van der Waals surface area (Å²) in [5, 5.41) is 0. The molecule has 0 saturated heterocycles. The van der Waals surface area contributed by atoms with Gasteiger partial charge in [-0.15, -0.1) is 0 Å². The standard InChI is InChI=1S/C8H16N2.CH3.Zr/c1-8(2,3)7-9-5-6-10(7)4;;/h5-6H2,1-4H3;1H3;/q;-1;. The van der Waals surface area contributed by atoms with Gasteiger partial charge in [-0.3, -0.25) is 4.99 Å². The van der Waals surface area contributed by atoms with Crippen molar-refractivity contribution in [3.63, 3.8) is 0 Å². The normalized spacial score (nSPS) is 16.3. The van der Waals surface area contributed by atoms with E-state index in [4.69, 9.17) is 0 Å². The fraction of sp³-hybridized carbons (Fsp3) is 0.778. The van der Waals surface area contributed by atoms with Gasteiger partial charge >= 0.3 is 0 Å². The van der Waals surface area contributed by atoms with Crippen LogP contribution in [0, 0.1) is 12.8 Å². The van der Waals surface area contributed by atoms with E-state index in [-0.39, 0.29) is 39.0 Å². The van der Waals surface area contributed by atoms with Gasteiger partial charge in [0.25, 0.3) is 0 Å². The van der Waals surface area contributed by atoms with E-state index in [1.165, 1.54) is 5.84 Å². The number of nitrogens with zero attached hydrogens (tertiary/aromatic N) is 2. The van der Waals surface area contributed by atoms with Crippen LogP contribution in [-0.4, -0.2) is 30.9 Å². The average Bonchev–Trinajstić information content (AvgIpc) is 2.11. The zero-order chi connectivity index (χ0) is 7.78. The van der Waals surface area contributed by atoms with Gasteiger partial charge in [0.1, 0.15) is 5.84 Å². The monoisotopic (exact) mass is 245 g/mol. The summed E-state index contributed by atoms with van der Waals surface area (Å²) < 4.78 is 0.